The Balaban J connectivity index is 0.000000347. The summed E-state index contributed by atoms with van der Waals surface area (Å²) in [6.45, 7) is 0. The van der Waals surface area contributed by atoms with Crippen molar-refractivity contribution in [3.05, 3.63) is 48.5 Å². The summed E-state index contributed by atoms with van der Waals surface area (Å²) in [6.07, 6.45) is 0. The smallest absolute Gasteiger partial charge is 0.394 e. The maximum absolute atomic E-state index is 8.74. The molecule has 0 aliphatic rings. The molecule has 0 atom stereocenters. The maximum Gasteiger partial charge on any atom is 0.394 e. The van der Waals surface area contributed by atoms with Crippen molar-refractivity contribution in [2.75, 3.05) is 0 Å². The van der Waals surface area contributed by atoms with Crippen LogP contribution in [0.25, 0.3) is 0 Å². The van der Waals surface area contributed by atoms with Crippen LogP contribution in [0.2, 0.25) is 0 Å². The van der Waals surface area contributed by atoms with Crippen molar-refractivity contribution in [3.8, 4) is 11.5 Å². The van der Waals surface area contributed by atoms with Gasteiger partial charge in [0.1, 0.15) is 11.5 Å². The van der Waals surface area contributed by atoms with E-state index in [9.17, 15) is 0 Å². The van der Waals surface area contributed by atoms with E-state index in [0.29, 0.717) is 0 Å². The number of benzene rings is 2. The maximum atomic E-state index is 8.74. The largest absolute Gasteiger partial charge is 0.455 e. The minimum absolute atomic E-state index is 0.738. The SMILES string of the molecule is O=S(=O)(O)O.Sc1ccccc1Oc1ccccc1S. The molecule has 0 aliphatic heterocycles. The molecule has 0 saturated carbocycles. The lowest BCUT2D eigenvalue weighted by Gasteiger charge is -2.09. The lowest BCUT2D eigenvalue weighted by atomic mass is 10.3. The molecule has 0 aliphatic carbocycles. The summed E-state index contributed by atoms with van der Waals surface area (Å²) >= 11 is 8.62. The number of ether oxygens (including phenoxy) is 1. The highest BCUT2D eigenvalue weighted by Gasteiger charge is 2.02. The summed E-state index contributed by atoms with van der Waals surface area (Å²) in [4.78, 5) is 1.63. The van der Waals surface area contributed by atoms with Crippen LogP contribution in [0.3, 0.4) is 0 Å². The molecule has 0 amide bonds. The molecule has 2 rings (SSSR count). The highest BCUT2D eigenvalue weighted by molar-refractivity contribution is 7.80. The Hall–Kier alpha value is -1.19. The Morgan fingerprint density at radius 3 is 1.40 bits per heavy atom. The van der Waals surface area contributed by atoms with Gasteiger partial charge in [-0.1, -0.05) is 24.3 Å². The fourth-order valence-electron chi connectivity index (χ4n) is 1.21. The molecule has 2 aromatic rings. The minimum atomic E-state index is -4.67. The molecule has 20 heavy (non-hydrogen) atoms. The lowest BCUT2D eigenvalue weighted by molar-refractivity contribution is 0.381. The summed E-state index contributed by atoms with van der Waals surface area (Å²) < 4.78 is 37.3. The van der Waals surface area contributed by atoms with Crippen LogP contribution in [-0.4, -0.2) is 17.5 Å². The average molecular weight is 332 g/mol. The van der Waals surface area contributed by atoms with Crippen molar-refractivity contribution in [3.63, 3.8) is 0 Å². The van der Waals surface area contributed by atoms with Gasteiger partial charge in [0.05, 0.1) is 0 Å². The highest BCUT2D eigenvalue weighted by Crippen LogP contribution is 2.31. The molecule has 0 unspecified atom stereocenters. The van der Waals surface area contributed by atoms with Crippen LogP contribution in [0, 0.1) is 0 Å². The molecule has 0 aromatic heterocycles. The first kappa shape index (κ1) is 16.9. The zero-order valence-electron chi connectivity index (χ0n) is 10.0. The molecule has 5 nitrogen and oxygen atoms in total. The molecule has 0 saturated heterocycles. The Kier molecular flexibility index (Phi) is 6.37. The number of hydrogen-bond acceptors (Lipinski definition) is 5. The van der Waals surface area contributed by atoms with Gasteiger partial charge in [-0.05, 0) is 24.3 Å². The van der Waals surface area contributed by atoms with Gasteiger partial charge < -0.3 is 4.74 Å². The molecule has 2 aromatic carbocycles. The first-order chi connectivity index (χ1) is 9.27. The third-order valence-corrected chi connectivity index (χ3v) is 2.69. The summed E-state index contributed by atoms with van der Waals surface area (Å²) in [6, 6.07) is 15.2. The van der Waals surface area contributed by atoms with Crippen LogP contribution >= 0.6 is 25.3 Å². The van der Waals surface area contributed by atoms with Crippen LogP contribution in [0.1, 0.15) is 0 Å². The van der Waals surface area contributed by atoms with Gasteiger partial charge in [0.15, 0.2) is 0 Å². The molecule has 108 valence electrons. The lowest BCUT2D eigenvalue weighted by Crippen LogP contribution is -1.89. The molecule has 0 fully saturated rings. The van der Waals surface area contributed by atoms with E-state index < -0.39 is 10.4 Å². The predicted octanol–water partition coefficient (Wildman–Crippen LogP) is 3.40. The van der Waals surface area contributed by atoms with E-state index in [4.69, 9.17) is 22.3 Å². The first-order valence-corrected chi connectivity index (χ1v) is 7.50. The van der Waals surface area contributed by atoms with Gasteiger partial charge in [-0.3, -0.25) is 9.11 Å². The predicted molar refractivity (Wildman–Crippen MR) is 81.6 cm³/mol. The molecular formula is C12H12O5S3. The summed E-state index contributed by atoms with van der Waals surface area (Å²) in [5.41, 5.74) is 0. The van der Waals surface area contributed by atoms with Crippen molar-refractivity contribution in [2.24, 2.45) is 0 Å². The van der Waals surface area contributed by atoms with Crippen LogP contribution in [0.15, 0.2) is 58.3 Å². The van der Waals surface area contributed by atoms with E-state index in [1.54, 1.807) is 0 Å². The van der Waals surface area contributed by atoms with Gasteiger partial charge in [-0.2, -0.15) is 8.42 Å². The monoisotopic (exact) mass is 332 g/mol. The normalized spacial score (nSPS) is 10.4. The molecule has 0 heterocycles. The standard InChI is InChI=1S/C12H10OS2.H2O4S/c14-11-7-3-1-5-9(11)13-10-6-2-4-8-12(10)15;1-5(2,3)4/h1-8,14-15H;(H2,1,2,3,4). The van der Waals surface area contributed by atoms with E-state index in [1.165, 1.54) is 0 Å². The average Bonchev–Trinajstić information content (AvgIpc) is 2.33. The summed E-state index contributed by atoms with van der Waals surface area (Å²) in [5, 5.41) is 0. The van der Waals surface area contributed by atoms with Crippen molar-refractivity contribution < 1.29 is 22.3 Å². The Labute approximate surface area is 128 Å². The van der Waals surface area contributed by atoms with E-state index >= 15 is 0 Å². The molecule has 0 radical (unpaired) electrons. The van der Waals surface area contributed by atoms with Crippen molar-refractivity contribution >= 4 is 35.7 Å². The second-order valence-corrected chi connectivity index (χ2v) is 5.34. The van der Waals surface area contributed by atoms with E-state index in [1.807, 2.05) is 48.5 Å². The second kappa shape index (κ2) is 7.55. The summed E-state index contributed by atoms with van der Waals surface area (Å²) in [7, 11) is -4.67. The van der Waals surface area contributed by atoms with E-state index in [0.717, 1.165) is 21.3 Å². The molecule has 0 spiro atoms. The van der Waals surface area contributed by atoms with Gasteiger partial charge in [0.2, 0.25) is 0 Å². The van der Waals surface area contributed by atoms with Crippen molar-refractivity contribution in [1.29, 1.82) is 0 Å². The topological polar surface area (TPSA) is 83.8 Å². The van der Waals surface area contributed by atoms with Gasteiger partial charge in [0, 0.05) is 9.79 Å². The zero-order chi connectivity index (χ0) is 15.2. The fraction of sp³-hybridized carbons (Fsp3) is 0. The van der Waals surface area contributed by atoms with Crippen LogP contribution in [0.5, 0.6) is 11.5 Å². The number of rotatable bonds is 2. The molecule has 2 N–H and O–H groups in total. The number of thiol groups is 2. The molecule has 0 bridgehead atoms. The Morgan fingerprint density at radius 1 is 0.800 bits per heavy atom. The van der Waals surface area contributed by atoms with E-state index in [2.05, 4.69) is 25.3 Å². The van der Waals surface area contributed by atoms with Crippen molar-refractivity contribution in [2.45, 2.75) is 9.79 Å². The number of para-hydroxylation sites is 2. The highest BCUT2D eigenvalue weighted by atomic mass is 32.3. The van der Waals surface area contributed by atoms with Gasteiger partial charge in [0.25, 0.3) is 0 Å². The van der Waals surface area contributed by atoms with Gasteiger partial charge in [-0.25, -0.2) is 0 Å². The van der Waals surface area contributed by atoms with Gasteiger partial charge in [-0.15, -0.1) is 25.3 Å². The first-order valence-electron chi connectivity index (χ1n) is 5.21. The van der Waals surface area contributed by atoms with E-state index in [-0.39, 0.29) is 0 Å². The van der Waals surface area contributed by atoms with Gasteiger partial charge >= 0.3 is 10.4 Å². The number of hydrogen-bond donors (Lipinski definition) is 4. The van der Waals surface area contributed by atoms with Crippen LogP contribution in [0.4, 0.5) is 0 Å². The molecule has 8 heteroatoms. The third-order valence-electron chi connectivity index (χ3n) is 1.95. The molecular weight excluding hydrogens is 320 g/mol. The fourth-order valence-corrected chi connectivity index (χ4v) is 1.62. The summed E-state index contributed by atoms with van der Waals surface area (Å²) in [5.74, 6) is 1.48. The van der Waals surface area contributed by atoms with Crippen LogP contribution in [-0.2, 0) is 10.4 Å². The second-order valence-electron chi connectivity index (χ2n) is 3.49. The zero-order valence-corrected chi connectivity index (χ0v) is 12.6. The third kappa shape index (κ3) is 6.83. The minimum Gasteiger partial charge on any atom is -0.455 e. The Morgan fingerprint density at radius 2 is 1.10 bits per heavy atom. The van der Waals surface area contributed by atoms with Crippen LogP contribution < -0.4 is 4.74 Å². The quantitative estimate of drug-likeness (QED) is 0.500. The van der Waals surface area contributed by atoms with Crippen molar-refractivity contribution in [1.82, 2.24) is 0 Å². The Bertz CT molecular complexity index is 619.